The van der Waals surface area contributed by atoms with E-state index in [9.17, 15) is 12.8 Å². The molecule has 2 heterocycles. The number of morpholine rings is 1. The number of nitrogens with zero attached hydrogens (tertiary/aromatic N) is 1. The van der Waals surface area contributed by atoms with Crippen LogP contribution in [-0.2, 0) is 14.8 Å². The summed E-state index contributed by atoms with van der Waals surface area (Å²) in [7, 11) is -3.52. The highest BCUT2D eigenvalue weighted by atomic mass is 32.2. The van der Waals surface area contributed by atoms with Crippen LogP contribution in [0.5, 0.6) is 0 Å². The molecule has 2 aliphatic heterocycles. The Morgan fingerprint density at radius 2 is 1.83 bits per heavy atom. The number of benzene rings is 2. The van der Waals surface area contributed by atoms with E-state index in [-0.39, 0.29) is 28.6 Å². The first kappa shape index (κ1) is 18.8. The van der Waals surface area contributed by atoms with Crippen molar-refractivity contribution in [3.05, 3.63) is 71.6 Å². The van der Waals surface area contributed by atoms with Crippen molar-refractivity contribution in [3.8, 4) is 0 Å². The fourth-order valence-corrected chi connectivity index (χ4v) is 6.10. The van der Waals surface area contributed by atoms with Crippen LogP contribution in [0, 0.1) is 11.7 Å². The second-order valence-electron chi connectivity index (χ2n) is 7.77. The number of hydrogen-bond donors (Lipinski definition) is 1. The molecule has 0 aromatic heterocycles. The Labute approximate surface area is 170 Å². The minimum atomic E-state index is -3.52. The maximum Gasteiger partial charge on any atom is 0.243 e. The van der Waals surface area contributed by atoms with E-state index >= 15 is 0 Å². The van der Waals surface area contributed by atoms with E-state index in [0.29, 0.717) is 32.0 Å². The molecule has 0 radical (unpaired) electrons. The third-order valence-corrected chi connectivity index (χ3v) is 8.11. The maximum atomic E-state index is 14.5. The monoisotopic (exact) mass is 414 g/mol. The summed E-state index contributed by atoms with van der Waals surface area (Å²) in [6.45, 7) is 1.59. The fraction of sp³-hybridized carbons (Fsp3) is 0.364. The number of nitrogens with one attached hydrogen (secondary N) is 1. The van der Waals surface area contributed by atoms with Gasteiger partial charge in [0.05, 0.1) is 29.8 Å². The molecular weight excluding hydrogens is 391 g/mol. The maximum absolute atomic E-state index is 14.5. The lowest BCUT2D eigenvalue weighted by molar-refractivity contribution is 0.0730. The average Bonchev–Trinajstić information content (AvgIpc) is 3.25. The molecule has 152 valence electrons. The smallest absolute Gasteiger partial charge is 0.243 e. The third-order valence-electron chi connectivity index (χ3n) is 6.19. The van der Waals surface area contributed by atoms with E-state index in [1.165, 1.54) is 10.4 Å². The standard InChI is InChI=1S/C22H23FN2O3S/c23-20-6-2-5-19-17-3-1-4-18(17)21(24-22(19)20)15-7-9-16(10-8-15)29(26,27)25-11-13-28-14-12-25/h1-3,5-10,17-18,21,24H,4,11-14H2/t17-,18-,21-/m1/s1. The van der Waals surface area contributed by atoms with Crippen molar-refractivity contribution in [3.63, 3.8) is 0 Å². The van der Waals surface area contributed by atoms with Crippen molar-refractivity contribution in [2.75, 3.05) is 31.6 Å². The van der Waals surface area contributed by atoms with Gasteiger partial charge in [0.1, 0.15) is 5.82 Å². The summed E-state index contributed by atoms with van der Waals surface area (Å²) in [5, 5.41) is 3.38. The first-order chi connectivity index (χ1) is 14.1. The number of sulfonamides is 1. The molecule has 29 heavy (non-hydrogen) atoms. The zero-order chi connectivity index (χ0) is 20.0. The molecule has 0 unspecified atom stereocenters. The molecule has 5 rings (SSSR count). The Kier molecular flexibility index (Phi) is 4.69. The predicted molar refractivity (Wildman–Crippen MR) is 109 cm³/mol. The van der Waals surface area contributed by atoms with E-state index in [4.69, 9.17) is 4.74 Å². The lowest BCUT2D eigenvalue weighted by Crippen LogP contribution is -2.40. The molecule has 1 saturated heterocycles. The number of allylic oxidation sites excluding steroid dienone is 2. The van der Waals surface area contributed by atoms with Crippen LogP contribution < -0.4 is 5.32 Å². The molecule has 3 atom stereocenters. The van der Waals surface area contributed by atoms with Crippen molar-refractivity contribution in [1.29, 1.82) is 0 Å². The molecule has 1 N–H and O–H groups in total. The quantitative estimate of drug-likeness (QED) is 0.779. The zero-order valence-electron chi connectivity index (χ0n) is 15.9. The van der Waals surface area contributed by atoms with Crippen LogP contribution in [0.2, 0.25) is 0 Å². The topological polar surface area (TPSA) is 58.6 Å². The summed E-state index contributed by atoms with van der Waals surface area (Å²) in [6.07, 6.45) is 5.22. The third kappa shape index (κ3) is 3.17. The first-order valence-corrected chi connectivity index (χ1v) is 11.4. The Morgan fingerprint density at radius 1 is 1.07 bits per heavy atom. The highest BCUT2D eigenvalue weighted by Crippen LogP contribution is 2.50. The molecule has 3 aliphatic rings. The number of fused-ring (bicyclic) bond motifs is 3. The predicted octanol–water partition coefficient (Wildman–Crippen LogP) is 3.67. The van der Waals surface area contributed by atoms with Crippen LogP contribution in [0.25, 0.3) is 0 Å². The van der Waals surface area contributed by atoms with E-state index < -0.39 is 10.0 Å². The fourth-order valence-electron chi connectivity index (χ4n) is 4.70. The number of hydrogen-bond acceptors (Lipinski definition) is 4. The molecule has 0 bridgehead atoms. The van der Waals surface area contributed by atoms with Gasteiger partial charge in [-0.25, -0.2) is 12.8 Å². The summed E-state index contributed by atoms with van der Waals surface area (Å²) >= 11 is 0. The van der Waals surface area contributed by atoms with Gasteiger partial charge in [0.25, 0.3) is 0 Å². The SMILES string of the molecule is O=S(=O)(c1ccc([C@H]2Nc3c(F)cccc3[C@@H]3C=CC[C@@H]23)cc1)N1CCOCC1. The molecule has 0 saturated carbocycles. The van der Waals surface area contributed by atoms with Gasteiger partial charge in [-0.3, -0.25) is 0 Å². The molecular formula is C22H23FN2O3S. The molecule has 2 aromatic carbocycles. The van der Waals surface area contributed by atoms with Crippen molar-refractivity contribution in [2.45, 2.75) is 23.3 Å². The second kappa shape index (κ2) is 7.23. The molecule has 5 nitrogen and oxygen atoms in total. The van der Waals surface area contributed by atoms with Crippen LogP contribution in [0.15, 0.2) is 59.5 Å². The number of halogens is 1. The van der Waals surface area contributed by atoms with Gasteiger partial charge >= 0.3 is 0 Å². The van der Waals surface area contributed by atoms with Crippen LogP contribution >= 0.6 is 0 Å². The molecule has 1 aliphatic carbocycles. The summed E-state index contributed by atoms with van der Waals surface area (Å²) in [5.74, 6) is 0.201. The number of para-hydroxylation sites is 1. The Balaban J connectivity index is 1.45. The Morgan fingerprint density at radius 3 is 2.59 bits per heavy atom. The summed E-state index contributed by atoms with van der Waals surface area (Å²) in [6, 6.07) is 12.2. The van der Waals surface area contributed by atoms with Gasteiger partial charge in [0.2, 0.25) is 10.0 Å². The molecule has 7 heteroatoms. The Bertz CT molecular complexity index is 1050. The van der Waals surface area contributed by atoms with Crippen LogP contribution in [0.4, 0.5) is 10.1 Å². The van der Waals surface area contributed by atoms with Crippen molar-refractivity contribution in [2.24, 2.45) is 5.92 Å². The van der Waals surface area contributed by atoms with Crippen molar-refractivity contribution < 1.29 is 17.5 Å². The van der Waals surface area contributed by atoms with Crippen LogP contribution in [0.1, 0.15) is 29.5 Å². The lowest BCUT2D eigenvalue weighted by Gasteiger charge is -2.37. The zero-order valence-corrected chi connectivity index (χ0v) is 16.7. The highest BCUT2D eigenvalue weighted by Gasteiger charge is 2.39. The van der Waals surface area contributed by atoms with Gasteiger partial charge in [0, 0.05) is 19.0 Å². The number of ether oxygens (including phenoxy) is 1. The van der Waals surface area contributed by atoms with Crippen molar-refractivity contribution >= 4 is 15.7 Å². The Hall–Kier alpha value is -2.22. The van der Waals surface area contributed by atoms with Gasteiger partial charge in [-0.1, -0.05) is 36.4 Å². The molecule has 0 amide bonds. The minimum absolute atomic E-state index is 0.0699. The van der Waals surface area contributed by atoms with Crippen molar-refractivity contribution in [1.82, 2.24) is 4.31 Å². The lowest BCUT2D eigenvalue weighted by atomic mass is 9.77. The van der Waals surface area contributed by atoms with Gasteiger partial charge in [-0.15, -0.1) is 0 Å². The average molecular weight is 415 g/mol. The second-order valence-corrected chi connectivity index (χ2v) is 9.70. The van der Waals surface area contributed by atoms with E-state index in [2.05, 4.69) is 17.5 Å². The van der Waals surface area contributed by atoms with E-state index in [1.807, 2.05) is 18.2 Å². The summed E-state index contributed by atoms with van der Waals surface area (Å²) < 4.78 is 46.9. The highest BCUT2D eigenvalue weighted by molar-refractivity contribution is 7.89. The van der Waals surface area contributed by atoms with Gasteiger partial charge in [-0.05, 0) is 41.7 Å². The molecule has 0 spiro atoms. The first-order valence-electron chi connectivity index (χ1n) is 9.95. The van der Waals surface area contributed by atoms with Gasteiger partial charge in [-0.2, -0.15) is 4.31 Å². The van der Waals surface area contributed by atoms with Crippen LogP contribution in [0.3, 0.4) is 0 Å². The summed E-state index contributed by atoms with van der Waals surface area (Å²) in [4.78, 5) is 0.284. The molecule has 2 aromatic rings. The largest absolute Gasteiger partial charge is 0.379 e. The van der Waals surface area contributed by atoms with Gasteiger partial charge < -0.3 is 10.1 Å². The number of anilines is 1. The van der Waals surface area contributed by atoms with E-state index in [0.717, 1.165) is 17.5 Å². The summed E-state index contributed by atoms with van der Waals surface area (Å²) in [5.41, 5.74) is 2.51. The minimum Gasteiger partial charge on any atom is -0.379 e. The number of rotatable bonds is 3. The van der Waals surface area contributed by atoms with Crippen LogP contribution in [-0.4, -0.2) is 39.0 Å². The van der Waals surface area contributed by atoms with E-state index in [1.54, 1.807) is 18.2 Å². The van der Waals surface area contributed by atoms with Gasteiger partial charge in [0.15, 0.2) is 0 Å². The normalized spacial score (nSPS) is 26.6. The molecule has 1 fully saturated rings.